The average Bonchev–Trinajstić information content (AvgIpc) is 2.58. The van der Waals surface area contributed by atoms with Gasteiger partial charge in [-0.25, -0.2) is 0 Å². The van der Waals surface area contributed by atoms with Gasteiger partial charge in [0.15, 0.2) is 0 Å². The lowest BCUT2D eigenvalue weighted by molar-refractivity contribution is 0.542. The van der Waals surface area contributed by atoms with E-state index in [9.17, 15) is 8.42 Å². The van der Waals surface area contributed by atoms with Crippen molar-refractivity contribution in [2.75, 3.05) is 24.4 Å². The number of hydrogen-bond donors (Lipinski definition) is 2. The quantitative estimate of drug-likeness (QED) is 0.878. The Kier molecular flexibility index (Phi) is 4.44. The smallest absolute Gasteiger partial charge is 0.301 e. The molecule has 0 fully saturated rings. The van der Waals surface area contributed by atoms with E-state index in [2.05, 4.69) is 10.0 Å². The topological polar surface area (TPSA) is 61.4 Å². The van der Waals surface area contributed by atoms with Gasteiger partial charge in [-0.1, -0.05) is 25.1 Å². The zero-order valence-electron chi connectivity index (χ0n) is 11.4. The predicted molar refractivity (Wildman–Crippen MR) is 77.4 cm³/mol. The van der Waals surface area contributed by atoms with Gasteiger partial charge in [0.2, 0.25) is 0 Å². The Morgan fingerprint density at radius 3 is 2.79 bits per heavy atom. The SMILES string of the molecule is CCNS(=O)(=O)N1CCCC(NC)c2ccccc21. The maximum absolute atomic E-state index is 12.3. The molecular formula is C13H21N3O2S. The van der Waals surface area contributed by atoms with Crippen molar-refractivity contribution in [2.45, 2.75) is 25.8 Å². The molecule has 0 saturated carbocycles. The largest absolute Gasteiger partial charge is 0.313 e. The lowest BCUT2D eigenvalue weighted by Crippen LogP contribution is -2.41. The third kappa shape index (κ3) is 2.91. The zero-order chi connectivity index (χ0) is 13.9. The Morgan fingerprint density at radius 2 is 2.11 bits per heavy atom. The summed E-state index contributed by atoms with van der Waals surface area (Å²) in [5.74, 6) is 0. The molecule has 19 heavy (non-hydrogen) atoms. The highest BCUT2D eigenvalue weighted by Crippen LogP contribution is 2.33. The van der Waals surface area contributed by atoms with E-state index >= 15 is 0 Å². The van der Waals surface area contributed by atoms with Crippen LogP contribution in [0.1, 0.15) is 31.4 Å². The van der Waals surface area contributed by atoms with Gasteiger partial charge in [0.05, 0.1) is 5.69 Å². The molecule has 106 valence electrons. The lowest BCUT2D eigenvalue weighted by Gasteiger charge is -2.25. The zero-order valence-corrected chi connectivity index (χ0v) is 12.2. The number of nitrogens with zero attached hydrogens (tertiary/aromatic N) is 1. The number of anilines is 1. The summed E-state index contributed by atoms with van der Waals surface area (Å²) in [6, 6.07) is 7.91. The molecule has 1 aromatic carbocycles. The Morgan fingerprint density at radius 1 is 1.37 bits per heavy atom. The van der Waals surface area contributed by atoms with Crippen LogP contribution in [0, 0.1) is 0 Å². The van der Waals surface area contributed by atoms with Crippen LogP contribution in [0.2, 0.25) is 0 Å². The minimum absolute atomic E-state index is 0.207. The number of benzene rings is 1. The fourth-order valence-electron chi connectivity index (χ4n) is 2.53. The van der Waals surface area contributed by atoms with Crippen molar-refractivity contribution < 1.29 is 8.42 Å². The third-order valence-electron chi connectivity index (χ3n) is 3.40. The van der Waals surface area contributed by atoms with E-state index in [4.69, 9.17) is 0 Å². The van der Waals surface area contributed by atoms with Crippen LogP contribution in [-0.2, 0) is 10.2 Å². The summed E-state index contributed by atoms with van der Waals surface area (Å²) in [5, 5.41) is 3.26. The highest BCUT2D eigenvalue weighted by molar-refractivity contribution is 7.90. The molecule has 5 nitrogen and oxygen atoms in total. The van der Waals surface area contributed by atoms with Gasteiger partial charge in [0.1, 0.15) is 0 Å². The highest BCUT2D eigenvalue weighted by Gasteiger charge is 2.28. The molecule has 0 aromatic heterocycles. The first-order chi connectivity index (χ1) is 9.10. The number of para-hydroxylation sites is 1. The fourth-order valence-corrected chi connectivity index (χ4v) is 3.85. The molecule has 1 aliphatic heterocycles. The standard InChI is InChI=1S/C13H21N3O2S/c1-3-15-19(17,18)16-10-6-8-12(14-2)11-7-4-5-9-13(11)16/h4-5,7,9,12,14-15H,3,6,8,10H2,1-2H3. The van der Waals surface area contributed by atoms with Crippen molar-refractivity contribution in [3.8, 4) is 0 Å². The van der Waals surface area contributed by atoms with Crippen molar-refractivity contribution >= 4 is 15.9 Å². The second-order valence-corrected chi connectivity index (χ2v) is 6.30. The Balaban J connectivity index is 2.47. The molecule has 1 heterocycles. The van der Waals surface area contributed by atoms with E-state index in [-0.39, 0.29) is 6.04 Å². The first-order valence-corrected chi connectivity index (χ1v) is 8.07. The molecule has 0 aliphatic carbocycles. The summed E-state index contributed by atoms with van der Waals surface area (Å²) in [4.78, 5) is 0. The van der Waals surface area contributed by atoms with Crippen molar-refractivity contribution in [3.63, 3.8) is 0 Å². The molecule has 0 spiro atoms. The predicted octanol–water partition coefficient (Wildman–Crippen LogP) is 1.40. The summed E-state index contributed by atoms with van der Waals surface area (Å²) in [6.45, 7) is 2.71. The minimum atomic E-state index is -3.45. The van der Waals surface area contributed by atoms with E-state index in [1.807, 2.05) is 31.3 Å². The first-order valence-electron chi connectivity index (χ1n) is 6.63. The van der Waals surface area contributed by atoms with E-state index in [1.54, 1.807) is 6.92 Å². The second-order valence-electron chi connectivity index (χ2n) is 4.62. The molecule has 0 saturated heterocycles. The van der Waals surface area contributed by atoms with Gasteiger partial charge >= 0.3 is 10.2 Å². The van der Waals surface area contributed by atoms with Crippen LogP contribution in [0.3, 0.4) is 0 Å². The number of fused-ring (bicyclic) bond motifs is 1. The Labute approximate surface area is 115 Å². The van der Waals surface area contributed by atoms with Gasteiger partial charge in [0.25, 0.3) is 0 Å². The lowest BCUT2D eigenvalue weighted by atomic mass is 10.0. The van der Waals surface area contributed by atoms with E-state index in [0.717, 1.165) is 24.1 Å². The molecule has 1 aliphatic rings. The Bertz CT molecular complexity index is 530. The number of nitrogens with one attached hydrogen (secondary N) is 2. The minimum Gasteiger partial charge on any atom is -0.313 e. The van der Waals surface area contributed by atoms with Crippen LogP contribution >= 0.6 is 0 Å². The van der Waals surface area contributed by atoms with E-state index in [1.165, 1.54) is 4.31 Å². The normalized spacial score (nSPS) is 19.9. The average molecular weight is 283 g/mol. The van der Waals surface area contributed by atoms with Gasteiger partial charge in [0, 0.05) is 19.1 Å². The molecule has 6 heteroatoms. The monoisotopic (exact) mass is 283 g/mol. The van der Waals surface area contributed by atoms with Crippen LogP contribution in [0.25, 0.3) is 0 Å². The van der Waals surface area contributed by atoms with Crippen molar-refractivity contribution in [3.05, 3.63) is 29.8 Å². The van der Waals surface area contributed by atoms with E-state index in [0.29, 0.717) is 13.1 Å². The van der Waals surface area contributed by atoms with Gasteiger partial charge in [-0.3, -0.25) is 4.31 Å². The van der Waals surface area contributed by atoms with Crippen LogP contribution in [0.15, 0.2) is 24.3 Å². The maximum Gasteiger partial charge on any atom is 0.301 e. The molecule has 0 bridgehead atoms. The molecular weight excluding hydrogens is 262 g/mol. The highest BCUT2D eigenvalue weighted by atomic mass is 32.2. The second kappa shape index (κ2) is 5.90. The first kappa shape index (κ1) is 14.3. The van der Waals surface area contributed by atoms with Crippen molar-refractivity contribution in [1.82, 2.24) is 10.0 Å². The maximum atomic E-state index is 12.3. The molecule has 1 atom stereocenters. The van der Waals surface area contributed by atoms with Crippen LogP contribution in [0.4, 0.5) is 5.69 Å². The third-order valence-corrected chi connectivity index (χ3v) is 5.01. The van der Waals surface area contributed by atoms with Gasteiger partial charge < -0.3 is 5.32 Å². The van der Waals surface area contributed by atoms with Crippen LogP contribution in [0.5, 0.6) is 0 Å². The van der Waals surface area contributed by atoms with Gasteiger partial charge in [-0.15, -0.1) is 0 Å². The molecule has 0 radical (unpaired) electrons. The number of hydrogen-bond acceptors (Lipinski definition) is 3. The summed E-state index contributed by atoms with van der Waals surface area (Å²) < 4.78 is 28.6. The van der Waals surface area contributed by atoms with E-state index < -0.39 is 10.2 Å². The summed E-state index contributed by atoms with van der Waals surface area (Å²) >= 11 is 0. The molecule has 1 aromatic rings. The Hall–Kier alpha value is -1.11. The fraction of sp³-hybridized carbons (Fsp3) is 0.538. The van der Waals surface area contributed by atoms with Crippen molar-refractivity contribution in [1.29, 1.82) is 0 Å². The molecule has 1 unspecified atom stereocenters. The number of rotatable bonds is 4. The molecule has 2 N–H and O–H groups in total. The summed E-state index contributed by atoms with van der Waals surface area (Å²) in [6.07, 6.45) is 1.77. The van der Waals surface area contributed by atoms with Gasteiger partial charge in [-0.05, 0) is 31.5 Å². The van der Waals surface area contributed by atoms with Crippen molar-refractivity contribution in [2.24, 2.45) is 0 Å². The summed E-state index contributed by atoms with van der Waals surface area (Å²) in [5.41, 5.74) is 1.82. The van der Waals surface area contributed by atoms with Crippen LogP contribution < -0.4 is 14.3 Å². The van der Waals surface area contributed by atoms with Crippen LogP contribution in [-0.4, -0.2) is 28.6 Å². The molecule has 2 rings (SSSR count). The van der Waals surface area contributed by atoms with Gasteiger partial charge in [-0.2, -0.15) is 13.1 Å². The summed E-state index contributed by atoms with van der Waals surface area (Å²) in [7, 11) is -1.53. The molecule has 0 amide bonds.